The van der Waals surface area contributed by atoms with Crippen molar-refractivity contribution in [2.75, 3.05) is 34.4 Å². The predicted molar refractivity (Wildman–Crippen MR) is 78.2 cm³/mol. The third-order valence-electron chi connectivity index (χ3n) is 3.50. The number of rotatable bonds is 4. The Balaban J connectivity index is 0.00000180. The average Bonchev–Trinajstić information content (AvgIpc) is 2.46. The molecule has 5 heteroatoms. The molecule has 0 atom stereocenters. The largest absolute Gasteiger partial charge is 0.496 e. The zero-order chi connectivity index (χ0) is 13.0. The smallest absolute Gasteiger partial charge is 0.129 e. The summed E-state index contributed by atoms with van der Waals surface area (Å²) in [5.41, 5.74) is 1.17. The number of methoxy groups -OCH3 is 3. The first-order valence-corrected chi connectivity index (χ1v) is 6.30. The van der Waals surface area contributed by atoms with Crippen molar-refractivity contribution >= 4 is 12.4 Å². The highest BCUT2D eigenvalue weighted by Crippen LogP contribution is 2.42. The summed E-state index contributed by atoms with van der Waals surface area (Å²) in [4.78, 5) is 0. The quantitative estimate of drug-likeness (QED) is 0.924. The Morgan fingerprint density at radius 3 is 1.89 bits per heavy atom. The molecule has 4 nitrogen and oxygen atoms in total. The van der Waals surface area contributed by atoms with E-state index in [1.54, 1.807) is 21.3 Å². The Labute approximate surface area is 120 Å². The number of hydrogen-bond acceptors (Lipinski definition) is 4. The Morgan fingerprint density at radius 1 is 0.947 bits per heavy atom. The maximum absolute atomic E-state index is 5.50. The van der Waals surface area contributed by atoms with Crippen molar-refractivity contribution < 1.29 is 14.2 Å². The molecule has 2 rings (SSSR count). The molecular weight excluding hydrogens is 266 g/mol. The van der Waals surface area contributed by atoms with Gasteiger partial charge in [-0.3, -0.25) is 0 Å². The van der Waals surface area contributed by atoms with E-state index in [4.69, 9.17) is 14.2 Å². The second-order valence-corrected chi connectivity index (χ2v) is 4.47. The molecule has 0 unspecified atom stereocenters. The van der Waals surface area contributed by atoms with Crippen LogP contribution in [0.25, 0.3) is 0 Å². The van der Waals surface area contributed by atoms with Crippen LogP contribution in [0.3, 0.4) is 0 Å². The third kappa shape index (κ3) is 3.45. The third-order valence-corrected chi connectivity index (χ3v) is 3.50. The molecule has 1 aliphatic heterocycles. The van der Waals surface area contributed by atoms with E-state index < -0.39 is 0 Å². The van der Waals surface area contributed by atoms with Gasteiger partial charge < -0.3 is 19.5 Å². The molecule has 0 aliphatic carbocycles. The molecule has 1 aromatic rings. The molecule has 1 aromatic carbocycles. The number of nitrogens with one attached hydrogen (secondary N) is 1. The first kappa shape index (κ1) is 15.9. The standard InChI is InChI=1S/C14H21NO3.ClH/c1-16-11-8-12(17-2)14(13(9-11)18-3)10-4-6-15-7-5-10;/h8-10,15H,4-7H2,1-3H3;1H. The van der Waals surface area contributed by atoms with Crippen LogP contribution in [0.5, 0.6) is 17.2 Å². The molecule has 1 saturated heterocycles. The number of halogens is 1. The summed E-state index contributed by atoms with van der Waals surface area (Å²) < 4.78 is 16.3. The van der Waals surface area contributed by atoms with Crippen molar-refractivity contribution in [2.24, 2.45) is 0 Å². The summed E-state index contributed by atoms with van der Waals surface area (Å²) in [5.74, 6) is 2.97. The summed E-state index contributed by atoms with van der Waals surface area (Å²) in [5, 5.41) is 3.38. The van der Waals surface area contributed by atoms with Gasteiger partial charge in [0, 0.05) is 17.7 Å². The van der Waals surface area contributed by atoms with Crippen LogP contribution in [0.1, 0.15) is 24.3 Å². The molecule has 0 bridgehead atoms. The highest BCUT2D eigenvalue weighted by molar-refractivity contribution is 5.85. The lowest BCUT2D eigenvalue weighted by molar-refractivity contribution is 0.353. The fourth-order valence-electron chi connectivity index (χ4n) is 2.55. The van der Waals surface area contributed by atoms with Gasteiger partial charge in [-0.15, -0.1) is 12.4 Å². The summed E-state index contributed by atoms with van der Waals surface area (Å²) in [6, 6.07) is 3.86. The number of piperidine rings is 1. The number of benzene rings is 1. The fourth-order valence-corrected chi connectivity index (χ4v) is 2.55. The Kier molecular flexibility index (Phi) is 6.25. The molecule has 0 radical (unpaired) electrons. The van der Waals surface area contributed by atoms with Gasteiger partial charge in [-0.1, -0.05) is 0 Å². The lowest BCUT2D eigenvalue weighted by Crippen LogP contribution is -2.27. The molecule has 1 fully saturated rings. The minimum absolute atomic E-state index is 0. The van der Waals surface area contributed by atoms with E-state index in [0.717, 1.165) is 43.2 Å². The van der Waals surface area contributed by atoms with E-state index in [1.165, 1.54) is 5.56 Å². The average molecular weight is 288 g/mol. The first-order chi connectivity index (χ1) is 8.80. The van der Waals surface area contributed by atoms with E-state index in [1.807, 2.05) is 12.1 Å². The van der Waals surface area contributed by atoms with Crippen molar-refractivity contribution in [1.29, 1.82) is 0 Å². The molecular formula is C14H22ClNO3. The predicted octanol–water partition coefficient (Wildman–Crippen LogP) is 2.60. The van der Waals surface area contributed by atoms with Crippen molar-refractivity contribution in [1.82, 2.24) is 5.32 Å². The first-order valence-electron chi connectivity index (χ1n) is 6.30. The molecule has 0 aromatic heterocycles. The maximum atomic E-state index is 5.50. The second-order valence-electron chi connectivity index (χ2n) is 4.47. The Morgan fingerprint density at radius 2 is 1.47 bits per heavy atom. The molecule has 108 valence electrons. The van der Waals surface area contributed by atoms with Crippen LogP contribution in [0.2, 0.25) is 0 Å². The second kappa shape index (κ2) is 7.46. The summed E-state index contributed by atoms with van der Waals surface area (Å²) in [6.07, 6.45) is 2.22. The molecule has 0 spiro atoms. The van der Waals surface area contributed by atoms with Crippen LogP contribution in [0.4, 0.5) is 0 Å². The molecule has 1 heterocycles. The van der Waals surface area contributed by atoms with Gasteiger partial charge in [-0.05, 0) is 31.8 Å². The molecule has 0 saturated carbocycles. The fraction of sp³-hybridized carbons (Fsp3) is 0.571. The van der Waals surface area contributed by atoms with Gasteiger partial charge in [-0.2, -0.15) is 0 Å². The van der Waals surface area contributed by atoms with Crippen LogP contribution in [0, 0.1) is 0 Å². The van der Waals surface area contributed by atoms with Crippen molar-refractivity contribution in [2.45, 2.75) is 18.8 Å². The molecule has 0 amide bonds. The van der Waals surface area contributed by atoms with Gasteiger partial charge in [0.05, 0.1) is 21.3 Å². The Hall–Kier alpha value is -1.13. The van der Waals surface area contributed by atoms with Gasteiger partial charge in [-0.25, -0.2) is 0 Å². The minimum Gasteiger partial charge on any atom is -0.496 e. The van der Waals surface area contributed by atoms with Crippen LogP contribution < -0.4 is 19.5 Å². The lowest BCUT2D eigenvalue weighted by Gasteiger charge is -2.26. The summed E-state index contributed by atoms with van der Waals surface area (Å²) in [6.45, 7) is 2.09. The summed E-state index contributed by atoms with van der Waals surface area (Å²) >= 11 is 0. The van der Waals surface area contributed by atoms with Crippen LogP contribution in [-0.2, 0) is 0 Å². The zero-order valence-electron chi connectivity index (χ0n) is 11.7. The van der Waals surface area contributed by atoms with Crippen molar-refractivity contribution in [3.63, 3.8) is 0 Å². The van der Waals surface area contributed by atoms with Crippen molar-refractivity contribution in [3.8, 4) is 17.2 Å². The zero-order valence-corrected chi connectivity index (χ0v) is 12.5. The van der Waals surface area contributed by atoms with E-state index in [-0.39, 0.29) is 12.4 Å². The Bertz CT molecular complexity index is 381. The topological polar surface area (TPSA) is 39.7 Å². The van der Waals surface area contributed by atoms with Gasteiger partial charge in [0.25, 0.3) is 0 Å². The molecule has 1 N–H and O–H groups in total. The highest BCUT2D eigenvalue weighted by atomic mass is 35.5. The normalized spacial score (nSPS) is 15.5. The monoisotopic (exact) mass is 287 g/mol. The van der Waals surface area contributed by atoms with Crippen molar-refractivity contribution in [3.05, 3.63) is 17.7 Å². The maximum Gasteiger partial charge on any atom is 0.129 e. The van der Waals surface area contributed by atoms with Crippen LogP contribution in [-0.4, -0.2) is 34.4 Å². The SMILES string of the molecule is COc1cc(OC)c(C2CCNCC2)c(OC)c1.Cl. The van der Waals surface area contributed by atoms with Crippen LogP contribution >= 0.6 is 12.4 Å². The van der Waals surface area contributed by atoms with E-state index in [2.05, 4.69) is 5.32 Å². The van der Waals surface area contributed by atoms with E-state index in [0.29, 0.717) is 5.92 Å². The minimum atomic E-state index is 0. The van der Waals surface area contributed by atoms with Crippen LogP contribution in [0.15, 0.2) is 12.1 Å². The van der Waals surface area contributed by atoms with E-state index >= 15 is 0 Å². The van der Waals surface area contributed by atoms with Gasteiger partial charge in [0.15, 0.2) is 0 Å². The highest BCUT2D eigenvalue weighted by Gasteiger charge is 2.23. The number of ether oxygens (including phenoxy) is 3. The van der Waals surface area contributed by atoms with Gasteiger partial charge >= 0.3 is 0 Å². The molecule has 19 heavy (non-hydrogen) atoms. The number of hydrogen-bond donors (Lipinski definition) is 1. The van der Waals surface area contributed by atoms with Gasteiger partial charge in [0.2, 0.25) is 0 Å². The lowest BCUT2D eigenvalue weighted by atomic mass is 9.88. The summed E-state index contributed by atoms with van der Waals surface area (Å²) in [7, 11) is 5.04. The van der Waals surface area contributed by atoms with E-state index in [9.17, 15) is 0 Å². The van der Waals surface area contributed by atoms with Gasteiger partial charge in [0.1, 0.15) is 17.2 Å². The molecule has 1 aliphatic rings.